The van der Waals surface area contributed by atoms with E-state index in [1.165, 1.54) is 3.97 Å². The quantitative estimate of drug-likeness (QED) is 0.208. The predicted octanol–water partition coefficient (Wildman–Crippen LogP) is 5.04. The molecular formula is C24H33NO5SSi. The number of allylic oxidation sites excluding steroid dienone is 3. The second-order valence-electron chi connectivity index (χ2n) is 9.75. The minimum absolute atomic E-state index is 0.160. The lowest BCUT2D eigenvalue weighted by Gasteiger charge is -2.27. The maximum absolute atomic E-state index is 13.5. The van der Waals surface area contributed by atoms with Gasteiger partial charge >= 0.3 is 0 Å². The third-order valence-corrected chi connectivity index (χ3v) is 9.87. The van der Waals surface area contributed by atoms with E-state index in [1.54, 1.807) is 31.3 Å². The fraction of sp³-hybridized carbons (Fsp3) is 0.458. The van der Waals surface area contributed by atoms with E-state index in [1.807, 2.05) is 25.1 Å². The number of aryl methyl sites for hydroxylation is 1. The Labute approximate surface area is 192 Å². The molecule has 0 N–H and O–H groups in total. The molecule has 1 unspecified atom stereocenters. The van der Waals surface area contributed by atoms with Crippen molar-refractivity contribution in [1.82, 2.24) is 3.97 Å². The van der Waals surface area contributed by atoms with Crippen LogP contribution in [0.2, 0.25) is 25.7 Å². The summed E-state index contributed by atoms with van der Waals surface area (Å²) in [5.74, 6) is 0. The molecule has 1 aliphatic carbocycles. The largest absolute Gasteiger partial charge is 0.356 e. The molecule has 8 heteroatoms. The van der Waals surface area contributed by atoms with Crippen LogP contribution < -0.4 is 0 Å². The zero-order chi connectivity index (χ0) is 23.6. The highest BCUT2D eigenvalue weighted by molar-refractivity contribution is 7.91. The molecule has 0 radical (unpaired) electrons. The Kier molecular flexibility index (Phi) is 7.29. The smallest absolute Gasteiger partial charge is 0.248 e. The van der Waals surface area contributed by atoms with Crippen LogP contribution in [0.25, 0.3) is 10.9 Å². The molecule has 0 saturated carbocycles. The normalized spacial score (nSPS) is 19.0. The summed E-state index contributed by atoms with van der Waals surface area (Å²) in [7, 11) is -4.88. The molecule has 1 aromatic carbocycles. The first-order chi connectivity index (χ1) is 15.0. The van der Waals surface area contributed by atoms with Gasteiger partial charge in [0.05, 0.1) is 12.1 Å². The number of aromatic nitrogens is 1. The maximum Gasteiger partial charge on any atom is 0.248 e. The lowest BCUT2D eigenvalue weighted by atomic mass is 10.0. The molecule has 3 rings (SSSR count). The van der Waals surface area contributed by atoms with E-state index >= 15 is 0 Å². The summed E-state index contributed by atoms with van der Waals surface area (Å²) in [6.07, 6.45) is 9.90. The van der Waals surface area contributed by atoms with Gasteiger partial charge in [-0.2, -0.15) is 0 Å². The first-order valence-corrected chi connectivity index (χ1v) is 16.0. The lowest BCUT2D eigenvalue weighted by Crippen LogP contribution is -2.37. The predicted molar refractivity (Wildman–Crippen MR) is 131 cm³/mol. The summed E-state index contributed by atoms with van der Waals surface area (Å²) in [6.45, 7) is 11.5. The van der Waals surface area contributed by atoms with Gasteiger partial charge in [-0.05, 0) is 43.5 Å². The highest BCUT2D eigenvalue weighted by Gasteiger charge is 2.39. The highest BCUT2D eigenvalue weighted by Crippen LogP contribution is 2.34. The fourth-order valence-electron chi connectivity index (χ4n) is 3.83. The van der Waals surface area contributed by atoms with Gasteiger partial charge in [0.15, 0.2) is 6.29 Å². The summed E-state index contributed by atoms with van der Waals surface area (Å²) in [5, 5.41) is 0.612. The molecule has 0 fully saturated rings. The molecule has 1 aliphatic rings. The topological polar surface area (TPSA) is 74.6 Å². The molecule has 1 atom stereocenters. The Morgan fingerprint density at radius 1 is 1.22 bits per heavy atom. The molecule has 0 saturated heterocycles. The first-order valence-electron chi connectivity index (χ1n) is 10.8. The van der Waals surface area contributed by atoms with E-state index in [4.69, 9.17) is 9.47 Å². The number of fused-ring (bicyclic) bond motifs is 1. The average molecular weight is 476 g/mol. The van der Waals surface area contributed by atoms with Gasteiger partial charge in [0.25, 0.3) is 0 Å². The van der Waals surface area contributed by atoms with E-state index in [9.17, 15) is 13.2 Å². The third kappa shape index (κ3) is 4.98. The second kappa shape index (κ2) is 9.47. The zero-order valence-corrected chi connectivity index (χ0v) is 21.4. The Balaban J connectivity index is 1.85. The van der Waals surface area contributed by atoms with Crippen molar-refractivity contribution in [2.75, 3.05) is 13.4 Å². The summed E-state index contributed by atoms with van der Waals surface area (Å²) >= 11 is 0. The van der Waals surface area contributed by atoms with Gasteiger partial charge in [-0.15, -0.1) is 0 Å². The van der Waals surface area contributed by atoms with E-state index in [0.29, 0.717) is 29.5 Å². The number of ether oxygens (including phenoxy) is 2. The van der Waals surface area contributed by atoms with Crippen LogP contribution in [0.4, 0.5) is 0 Å². The van der Waals surface area contributed by atoms with Crippen LogP contribution in [0.3, 0.4) is 0 Å². The molecule has 0 bridgehead atoms. The molecule has 2 aromatic rings. The molecule has 6 nitrogen and oxygen atoms in total. The van der Waals surface area contributed by atoms with Crippen LogP contribution >= 0.6 is 0 Å². The van der Waals surface area contributed by atoms with Crippen molar-refractivity contribution in [2.24, 2.45) is 0 Å². The highest BCUT2D eigenvalue weighted by atomic mass is 32.2. The van der Waals surface area contributed by atoms with Crippen molar-refractivity contribution in [3.8, 4) is 0 Å². The molecule has 0 aliphatic heterocycles. The monoisotopic (exact) mass is 475 g/mol. The van der Waals surface area contributed by atoms with E-state index in [2.05, 4.69) is 19.6 Å². The molecule has 32 heavy (non-hydrogen) atoms. The van der Waals surface area contributed by atoms with Crippen LogP contribution in [0.1, 0.15) is 34.8 Å². The number of rotatable bonds is 10. The van der Waals surface area contributed by atoms with Crippen LogP contribution in [0.15, 0.2) is 42.6 Å². The van der Waals surface area contributed by atoms with Gasteiger partial charge in [0, 0.05) is 31.8 Å². The second-order valence-corrected chi connectivity index (χ2v) is 17.6. The van der Waals surface area contributed by atoms with Crippen molar-refractivity contribution in [1.29, 1.82) is 0 Å². The van der Waals surface area contributed by atoms with Gasteiger partial charge < -0.3 is 9.47 Å². The first kappa shape index (κ1) is 24.6. The van der Waals surface area contributed by atoms with Gasteiger partial charge in [-0.25, -0.2) is 12.4 Å². The van der Waals surface area contributed by atoms with E-state index < -0.39 is 22.8 Å². The number of carbonyl (C=O) groups excluding carboxylic acids is 1. The van der Waals surface area contributed by atoms with Gasteiger partial charge in [-0.3, -0.25) is 4.79 Å². The summed E-state index contributed by atoms with van der Waals surface area (Å²) in [4.78, 5) is 12.0. The number of hydrogen-bond donors (Lipinski definition) is 0. The molecular weight excluding hydrogens is 442 g/mol. The van der Waals surface area contributed by atoms with Crippen LogP contribution in [-0.2, 0) is 26.1 Å². The Hall–Kier alpha value is -2.00. The van der Waals surface area contributed by atoms with Crippen molar-refractivity contribution >= 4 is 35.3 Å². The molecule has 0 amide bonds. The SMILES string of the molecule is Cc1cc(COCOCC[Si](C)(C)C)c(C=O)c2ccn(S(=O)(=O)C3(C)C=CC=CC3)c12. The fourth-order valence-corrected chi connectivity index (χ4v) is 6.30. The number of aldehydes is 1. The molecule has 0 spiro atoms. The van der Waals surface area contributed by atoms with Crippen molar-refractivity contribution in [3.05, 3.63) is 59.3 Å². The molecule has 1 heterocycles. The minimum atomic E-state index is -3.73. The summed E-state index contributed by atoms with van der Waals surface area (Å²) in [6, 6.07) is 4.59. The van der Waals surface area contributed by atoms with Gasteiger partial charge in [0.2, 0.25) is 10.0 Å². The molecule has 174 valence electrons. The summed E-state index contributed by atoms with van der Waals surface area (Å²) < 4.78 is 38.5. The Morgan fingerprint density at radius 2 is 1.97 bits per heavy atom. The van der Waals surface area contributed by atoms with Gasteiger partial charge in [-0.1, -0.05) is 50.0 Å². The van der Waals surface area contributed by atoms with Crippen molar-refractivity contribution < 1.29 is 22.7 Å². The van der Waals surface area contributed by atoms with Crippen LogP contribution in [0.5, 0.6) is 0 Å². The lowest BCUT2D eigenvalue weighted by molar-refractivity contribution is -0.0574. The minimum Gasteiger partial charge on any atom is -0.356 e. The molecule has 1 aromatic heterocycles. The standard InChI is InChI=1S/C24H33NO5SSi/c1-19-15-20(17-30-18-29-13-14-32(3,4)5)22(16-26)21-9-12-25(23(19)21)31(27,28)24(2)10-7-6-8-11-24/h6-10,12,15-16H,11,13-14,17-18H2,1-5H3. The number of benzene rings is 1. The van der Waals surface area contributed by atoms with Crippen molar-refractivity contribution in [3.63, 3.8) is 0 Å². The zero-order valence-electron chi connectivity index (χ0n) is 19.6. The van der Waals surface area contributed by atoms with Gasteiger partial charge in [0.1, 0.15) is 11.5 Å². The third-order valence-electron chi connectivity index (χ3n) is 5.86. The van der Waals surface area contributed by atoms with Crippen molar-refractivity contribution in [2.45, 2.75) is 57.3 Å². The number of nitrogens with zero attached hydrogens (tertiary/aromatic N) is 1. The number of hydrogen-bond acceptors (Lipinski definition) is 5. The summed E-state index contributed by atoms with van der Waals surface area (Å²) in [5.41, 5.74) is 2.48. The van der Waals surface area contributed by atoms with Crippen LogP contribution in [-0.4, -0.2) is 44.9 Å². The Morgan fingerprint density at radius 3 is 2.59 bits per heavy atom. The number of carbonyl (C=O) groups is 1. The maximum atomic E-state index is 13.5. The van der Waals surface area contributed by atoms with E-state index in [0.717, 1.165) is 23.5 Å². The van der Waals surface area contributed by atoms with E-state index in [-0.39, 0.29) is 13.4 Å². The Bertz CT molecular complexity index is 1160. The average Bonchev–Trinajstić information content (AvgIpc) is 3.17. The van der Waals surface area contributed by atoms with Crippen LogP contribution in [0, 0.1) is 6.92 Å².